The molecular formula is C13H16N2O2. The SMILES string of the molecule is COc1cccc2c1NC(=O)C1CCNCC21. The third kappa shape index (κ3) is 1.60. The van der Waals surface area contributed by atoms with Gasteiger partial charge in [-0.15, -0.1) is 0 Å². The smallest absolute Gasteiger partial charge is 0.228 e. The molecule has 1 aromatic carbocycles. The van der Waals surface area contributed by atoms with Crippen LogP contribution >= 0.6 is 0 Å². The van der Waals surface area contributed by atoms with Gasteiger partial charge in [0.25, 0.3) is 0 Å². The lowest BCUT2D eigenvalue weighted by molar-refractivity contribution is -0.121. The average molecular weight is 232 g/mol. The van der Waals surface area contributed by atoms with Gasteiger partial charge in [0.05, 0.1) is 12.8 Å². The Morgan fingerprint density at radius 2 is 2.24 bits per heavy atom. The molecule has 2 aliphatic rings. The highest BCUT2D eigenvalue weighted by Gasteiger charge is 2.38. The number of hydrogen-bond donors (Lipinski definition) is 2. The Morgan fingerprint density at radius 1 is 1.35 bits per heavy atom. The number of nitrogens with one attached hydrogen (secondary N) is 2. The molecule has 17 heavy (non-hydrogen) atoms. The van der Waals surface area contributed by atoms with Gasteiger partial charge < -0.3 is 15.4 Å². The highest BCUT2D eigenvalue weighted by Crippen LogP contribution is 2.42. The van der Waals surface area contributed by atoms with E-state index in [1.807, 2.05) is 12.1 Å². The van der Waals surface area contributed by atoms with Crippen LogP contribution in [0.15, 0.2) is 18.2 Å². The molecule has 3 rings (SSSR count). The molecule has 0 radical (unpaired) electrons. The van der Waals surface area contributed by atoms with Gasteiger partial charge in [-0.1, -0.05) is 12.1 Å². The Balaban J connectivity index is 2.08. The van der Waals surface area contributed by atoms with Gasteiger partial charge in [-0.05, 0) is 24.6 Å². The van der Waals surface area contributed by atoms with Crippen LogP contribution in [0, 0.1) is 5.92 Å². The average Bonchev–Trinajstić information content (AvgIpc) is 2.39. The van der Waals surface area contributed by atoms with Crippen LogP contribution < -0.4 is 15.4 Å². The highest BCUT2D eigenvalue weighted by atomic mass is 16.5. The number of carbonyl (C=O) groups excluding carboxylic acids is 1. The number of fused-ring (bicyclic) bond motifs is 3. The van der Waals surface area contributed by atoms with Crippen LogP contribution in [0.25, 0.3) is 0 Å². The number of amides is 1. The van der Waals surface area contributed by atoms with Crippen molar-refractivity contribution in [3.63, 3.8) is 0 Å². The van der Waals surface area contributed by atoms with Crippen LogP contribution in [0.5, 0.6) is 5.75 Å². The summed E-state index contributed by atoms with van der Waals surface area (Å²) >= 11 is 0. The van der Waals surface area contributed by atoms with E-state index < -0.39 is 0 Å². The minimum Gasteiger partial charge on any atom is -0.495 e. The summed E-state index contributed by atoms with van der Waals surface area (Å²) in [6.07, 6.45) is 0.910. The summed E-state index contributed by atoms with van der Waals surface area (Å²) in [6.45, 7) is 1.80. The minimum absolute atomic E-state index is 0.107. The van der Waals surface area contributed by atoms with E-state index in [2.05, 4.69) is 16.7 Å². The van der Waals surface area contributed by atoms with E-state index >= 15 is 0 Å². The first-order valence-corrected chi connectivity index (χ1v) is 5.99. The Kier molecular flexibility index (Phi) is 2.52. The minimum atomic E-state index is 0.107. The molecule has 2 N–H and O–H groups in total. The molecule has 1 amide bonds. The summed E-state index contributed by atoms with van der Waals surface area (Å²) in [7, 11) is 1.63. The molecule has 1 fully saturated rings. The van der Waals surface area contributed by atoms with Gasteiger partial charge in [0.1, 0.15) is 5.75 Å². The first-order valence-electron chi connectivity index (χ1n) is 5.99. The zero-order chi connectivity index (χ0) is 11.8. The van der Waals surface area contributed by atoms with Gasteiger partial charge >= 0.3 is 0 Å². The van der Waals surface area contributed by atoms with Crippen molar-refractivity contribution in [3.05, 3.63) is 23.8 Å². The second-order valence-corrected chi connectivity index (χ2v) is 4.62. The summed E-state index contributed by atoms with van der Waals surface area (Å²) in [6, 6.07) is 5.96. The predicted octanol–water partition coefficient (Wildman–Crippen LogP) is 1.34. The largest absolute Gasteiger partial charge is 0.495 e. The van der Waals surface area contributed by atoms with E-state index in [1.165, 1.54) is 5.56 Å². The Hall–Kier alpha value is -1.55. The maximum absolute atomic E-state index is 12.1. The number of benzene rings is 1. The summed E-state index contributed by atoms with van der Waals surface area (Å²) in [4.78, 5) is 12.1. The molecule has 1 saturated heterocycles. The number of hydrogen-bond acceptors (Lipinski definition) is 3. The predicted molar refractivity (Wildman–Crippen MR) is 65.3 cm³/mol. The third-order valence-corrected chi connectivity index (χ3v) is 3.74. The van der Waals surface area contributed by atoms with Crippen molar-refractivity contribution in [2.45, 2.75) is 12.3 Å². The topological polar surface area (TPSA) is 50.4 Å². The first kappa shape index (κ1) is 10.6. The van der Waals surface area contributed by atoms with E-state index in [9.17, 15) is 4.79 Å². The van der Waals surface area contributed by atoms with E-state index in [1.54, 1.807) is 7.11 Å². The normalized spacial score (nSPS) is 26.8. The third-order valence-electron chi connectivity index (χ3n) is 3.74. The van der Waals surface area contributed by atoms with E-state index in [4.69, 9.17) is 4.74 Å². The summed E-state index contributed by atoms with van der Waals surface area (Å²) in [5.41, 5.74) is 2.05. The van der Waals surface area contributed by atoms with Crippen molar-refractivity contribution in [2.75, 3.05) is 25.5 Å². The van der Waals surface area contributed by atoms with Crippen LogP contribution in [-0.2, 0) is 4.79 Å². The maximum atomic E-state index is 12.1. The van der Waals surface area contributed by atoms with Crippen molar-refractivity contribution in [3.8, 4) is 5.75 Å². The van der Waals surface area contributed by atoms with Crippen LogP contribution in [0.4, 0.5) is 5.69 Å². The number of carbonyl (C=O) groups is 1. The molecule has 0 aliphatic carbocycles. The van der Waals surface area contributed by atoms with Gasteiger partial charge in [-0.2, -0.15) is 0 Å². The molecule has 90 valence electrons. The molecule has 0 spiro atoms. The molecule has 0 saturated carbocycles. The molecule has 2 aliphatic heterocycles. The number of para-hydroxylation sites is 1. The standard InChI is InChI=1S/C13H16N2O2/c1-17-11-4-2-3-8-10-7-14-6-5-9(10)13(16)15-12(8)11/h2-4,9-10,14H,5-7H2,1H3,(H,15,16). The van der Waals surface area contributed by atoms with Crippen molar-refractivity contribution < 1.29 is 9.53 Å². The zero-order valence-corrected chi connectivity index (χ0v) is 9.82. The fourth-order valence-electron chi connectivity index (χ4n) is 2.88. The van der Waals surface area contributed by atoms with Gasteiger partial charge in [0, 0.05) is 18.4 Å². The number of rotatable bonds is 1. The second kappa shape index (κ2) is 4.04. The molecule has 2 heterocycles. The van der Waals surface area contributed by atoms with Gasteiger partial charge in [-0.25, -0.2) is 0 Å². The Bertz CT molecular complexity index is 459. The summed E-state index contributed by atoms with van der Waals surface area (Å²) in [5, 5.41) is 6.35. The number of ether oxygens (including phenoxy) is 1. The molecule has 0 bridgehead atoms. The molecular weight excluding hydrogens is 216 g/mol. The van der Waals surface area contributed by atoms with Gasteiger partial charge in [0.15, 0.2) is 0 Å². The molecule has 0 aromatic heterocycles. The second-order valence-electron chi connectivity index (χ2n) is 4.62. The van der Waals surface area contributed by atoms with E-state index in [-0.39, 0.29) is 17.7 Å². The lowest BCUT2D eigenvalue weighted by atomic mass is 9.77. The fourth-order valence-corrected chi connectivity index (χ4v) is 2.88. The van der Waals surface area contributed by atoms with Crippen molar-refractivity contribution in [2.24, 2.45) is 5.92 Å². The van der Waals surface area contributed by atoms with Crippen LogP contribution in [0.3, 0.4) is 0 Å². The number of anilines is 1. The Morgan fingerprint density at radius 3 is 3.06 bits per heavy atom. The molecule has 2 unspecified atom stereocenters. The summed E-state index contributed by atoms with van der Waals surface area (Å²) < 4.78 is 5.31. The van der Waals surface area contributed by atoms with Crippen molar-refractivity contribution >= 4 is 11.6 Å². The van der Waals surface area contributed by atoms with Crippen molar-refractivity contribution in [1.29, 1.82) is 0 Å². The van der Waals surface area contributed by atoms with Gasteiger partial charge in [0.2, 0.25) is 5.91 Å². The molecule has 4 nitrogen and oxygen atoms in total. The lowest BCUT2D eigenvalue weighted by Gasteiger charge is -2.37. The van der Waals surface area contributed by atoms with Crippen LogP contribution in [0.1, 0.15) is 17.9 Å². The summed E-state index contributed by atoms with van der Waals surface area (Å²) in [5.74, 6) is 1.27. The van der Waals surface area contributed by atoms with Gasteiger partial charge in [-0.3, -0.25) is 4.79 Å². The Labute approximate surface area is 100 Å². The first-order chi connectivity index (χ1) is 8.31. The monoisotopic (exact) mass is 232 g/mol. The lowest BCUT2D eigenvalue weighted by Crippen LogP contribution is -2.44. The van der Waals surface area contributed by atoms with E-state index in [0.717, 1.165) is 30.9 Å². The number of methoxy groups -OCH3 is 1. The van der Waals surface area contributed by atoms with E-state index in [0.29, 0.717) is 0 Å². The fraction of sp³-hybridized carbons (Fsp3) is 0.462. The van der Waals surface area contributed by atoms with Crippen LogP contribution in [0.2, 0.25) is 0 Å². The number of piperidine rings is 1. The maximum Gasteiger partial charge on any atom is 0.228 e. The molecule has 4 heteroatoms. The highest BCUT2D eigenvalue weighted by molar-refractivity contribution is 5.98. The zero-order valence-electron chi connectivity index (χ0n) is 9.82. The quantitative estimate of drug-likeness (QED) is 0.768. The van der Waals surface area contributed by atoms with Crippen molar-refractivity contribution in [1.82, 2.24) is 5.32 Å². The molecule has 2 atom stereocenters. The van der Waals surface area contributed by atoms with Crippen LogP contribution in [-0.4, -0.2) is 26.1 Å². The molecule has 1 aromatic rings.